The molecule has 19 heteroatoms. The molecule has 0 aromatic carbocycles. The number of phosphoric acid groups is 2. The average Bonchev–Trinajstić information content (AvgIpc) is 1.30. The molecule has 0 aliphatic carbocycles. The van der Waals surface area contributed by atoms with E-state index < -0.39 is 97.5 Å². The zero-order valence-electron chi connectivity index (χ0n) is 63.7. The number of rotatable bonds is 75. The summed E-state index contributed by atoms with van der Waals surface area (Å²) in [5.41, 5.74) is 0. The number of aliphatic hydroxyl groups is 1. The van der Waals surface area contributed by atoms with Gasteiger partial charge in [-0.05, 0) is 49.4 Å². The first-order valence-electron chi connectivity index (χ1n) is 40.3. The van der Waals surface area contributed by atoms with Crippen LogP contribution in [-0.2, 0) is 65.4 Å². The van der Waals surface area contributed by atoms with Crippen molar-refractivity contribution >= 4 is 39.5 Å². The number of carbonyl (C=O) groups is 4. The van der Waals surface area contributed by atoms with E-state index in [1.807, 2.05) is 0 Å². The molecule has 3 N–H and O–H groups in total. The van der Waals surface area contributed by atoms with Crippen molar-refractivity contribution in [3.63, 3.8) is 0 Å². The summed E-state index contributed by atoms with van der Waals surface area (Å²) in [6.45, 7) is 14.2. The number of ether oxygens (including phenoxy) is 4. The Morgan fingerprint density at radius 1 is 0.289 bits per heavy atom. The van der Waals surface area contributed by atoms with Gasteiger partial charge in [0.2, 0.25) is 0 Å². The lowest BCUT2D eigenvalue weighted by atomic mass is 9.99. The van der Waals surface area contributed by atoms with Crippen LogP contribution in [0.3, 0.4) is 0 Å². The van der Waals surface area contributed by atoms with E-state index in [1.54, 1.807) is 0 Å². The Hall–Kier alpha value is -1.94. The molecule has 0 saturated heterocycles. The molecule has 0 amide bonds. The number of phosphoric ester groups is 2. The molecule has 0 saturated carbocycles. The monoisotopic (exact) mass is 1420 g/mol. The quantitative estimate of drug-likeness (QED) is 0.0222. The van der Waals surface area contributed by atoms with Gasteiger partial charge in [-0.3, -0.25) is 37.3 Å². The summed E-state index contributed by atoms with van der Waals surface area (Å²) in [5, 5.41) is 10.6. The van der Waals surface area contributed by atoms with E-state index in [9.17, 15) is 43.2 Å². The van der Waals surface area contributed by atoms with E-state index in [4.69, 9.17) is 37.0 Å². The predicted octanol–water partition coefficient (Wildman–Crippen LogP) is 22.8. The van der Waals surface area contributed by atoms with E-state index in [0.717, 1.165) is 114 Å². The van der Waals surface area contributed by atoms with Gasteiger partial charge < -0.3 is 33.8 Å². The highest BCUT2D eigenvalue weighted by Gasteiger charge is 2.30. The molecular weight excluding hydrogens is 1270 g/mol. The fraction of sp³-hybridized carbons (Fsp3) is 0.949. The molecular formula is C78H152O17P2. The smallest absolute Gasteiger partial charge is 0.462 e. The minimum atomic E-state index is -4.96. The van der Waals surface area contributed by atoms with E-state index in [1.165, 1.54) is 193 Å². The topological polar surface area (TPSA) is 237 Å². The molecule has 0 aliphatic rings. The minimum absolute atomic E-state index is 0.105. The maximum Gasteiger partial charge on any atom is 0.472 e. The molecule has 97 heavy (non-hydrogen) atoms. The molecule has 0 fully saturated rings. The summed E-state index contributed by atoms with van der Waals surface area (Å²) in [6, 6.07) is 0. The van der Waals surface area contributed by atoms with Crippen molar-refractivity contribution in [2.24, 2.45) is 23.7 Å². The Morgan fingerprint density at radius 3 is 0.732 bits per heavy atom. The third-order valence-corrected chi connectivity index (χ3v) is 20.7. The van der Waals surface area contributed by atoms with E-state index in [0.29, 0.717) is 31.6 Å². The zero-order valence-corrected chi connectivity index (χ0v) is 65.5. The molecule has 0 aliphatic heterocycles. The van der Waals surface area contributed by atoms with Crippen molar-refractivity contribution in [3.05, 3.63) is 0 Å². The molecule has 0 heterocycles. The second kappa shape index (κ2) is 67.2. The van der Waals surface area contributed by atoms with Gasteiger partial charge in [0.1, 0.15) is 19.3 Å². The van der Waals surface area contributed by atoms with E-state index in [-0.39, 0.29) is 25.7 Å². The lowest BCUT2D eigenvalue weighted by molar-refractivity contribution is -0.161. The molecule has 0 aromatic heterocycles. The molecule has 0 spiro atoms. The molecule has 0 aromatic rings. The van der Waals surface area contributed by atoms with Crippen LogP contribution in [0, 0.1) is 23.7 Å². The third kappa shape index (κ3) is 69.5. The number of unbranched alkanes of at least 4 members (excludes halogenated alkanes) is 39. The van der Waals surface area contributed by atoms with Crippen LogP contribution in [0.1, 0.15) is 396 Å². The first-order chi connectivity index (χ1) is 46.7. The van der Waals surface area contributed by atoms with Crippen LogP contribution in [0.5, 0.6) is 0 Å². The Bertz CT molecular complexity index is 1910. The molecule has 7 atom stereocenters. The van der Waals surface area contributed by atoms with Crippen LogP contribution in [0.2, 0.25) is 0 Å². The number of esters is 4. The van der Waals surface area contributed by atoms with Gasteiger partial charge in [0.05, 0.1) is 26.4 Å². The van der Waals surface area contributed by atoms with Crippen LogP contribution in [-0.4, -0.2) is 96.7 Å². The third-order valence-electron chi connectivity index (χ3n) is 18.8. The fourth-order valence-corrected chi connectivity index (χ4v) is 13.4. The molecule has 0 radical (unpaired) electrons. The number of carbonyl (C=O) groups excluding carboxylic acids is 4. The number of hydrogen-bond donors (Lipinski definition) is 3. The number of aliphatic hydroxyl groups excluding tert-OH is 1. The molecule has 576 valence electrons. The summed E-state index contributed by atoms with van der Waals surface area (Å²) in [7, 11) is -9.92. The van der Waals surface area contributed by atoms with E-state index >= 15 is 0 Å². The van der Waals surface area contributed by atoms with E-state index in [2.05, 4.69) is 55.4 Å². The normalized spacial score (nSPS) is 14.6. The van der Waals surface area contributed by atoms with Gasteiger partial charge in [0.25, 0.3) is 0 Å². The van der Waals surface area contributed by atoms with Crippen molar-refractivity contribution in [1.29, 1.82) is 0 Å². The highest BCUT2D eigenvalue weighted by Crippen LogP contribution is 2.45. The summed E-state index contributed by atoms with van der Waals surface area (Å²) in [6.07, 6.45) is 52.7. The summed E-state index contributed by atoms with van der Waals surface area (Å²) in [5.74, 6) is 1.00. The summed E-state index contributed by atoms with van der Waals surface area (Å²) >= 11 is 0. The lowest BCUT2D eigenvalue weighted by Crippen LogP contribution is -2.30. The van der Waals surface area contributed by atoms with Gasteiger partial charge in [0.15, 0.2) is 12.2 Å². The molecule has 17 nitrogen and oxygen atoms in total. The van der Waals surface area contributed by atoms with Gasteiger partial charge in [-0.2, -0.15) is 0 Å². The fourth-order valence-electron chi connectivity index (χ4n) is 11.8. The highest BCUT2D eigenvalue weighted by molar-refractivity contribution is 7.47. The Labute approximate surface area is 594 Å². The van der Waals surface area contributed by atoms with Gasteiger partial charge in [0, 0.05) is 25.7 Å². The van der Waals surface area contributed by atoms with Gasteiger partial charge in [-0.25, -0.2) is 9.13 Å². The second-order valence-corrected chi connectivity index (χ2v) is 32.4. The summed E-state index contributed by atoms with van der Waals surface area (Å²) in [4.78, 5) is 72.9. The molecule has 5 unspecified atom stereocenters. The van der Waals surface area contributed by atoms with Crippen LogP contribution in [0.15, 0.2) is 0 Å². The largest absolute Gasteiger partial charge is 0.472 e. The maximum absolute atomic E-state index is 13.1. The highest BCUT2D eigenvalue weighted by atomic mass is 31.2. The second-order valence-electron chi connectivity index (χ2n) is 29.5. The van der Waals surface area contributed by atoms with Crippen molar-refractivity contribution < 1.29 is 80.2 Å². The van der Waals surface area contributed by atoms with Gasteiger partial charge in [-0.15, -0.1) is 0 Å². The zero-order chi connectivity index (χ0) is 71.7. The van der Waals surface area contributed by atoms with Crippen molar-refractivity contribution in [3.8, 4) is 0 Å². The van der Waals surface area contributed by atoms with Crippen LogP contribution in [0.25, 0.3) is 0 Å². The van der Waals surface area contributed by atoms with Crippen molar-refractivity contribution in [2.75, 3.05) is 39.6 Å². The lowest BCUT2D eigenvalue weighted by Gasteiger charge is -2.21. The summed E-state index contributed by atoms with van der Waals surface area (Å²) < 4.78 is 68.6. The Kier molecular flexibility index (Phi) is 65.9. The first-order valence-corrected chi connectivity index (χ1v) is 43.3. The van der Waals surface area contributed by atoms with Crippen molar-refractivity contribution in [2.45, 2.75) is 414 Å². The number of hydrogen-bond acceptors (Lipinski definition) is 15. The first kappa shape index (κ1) is 95.1. The maximum atomic E-state index is 13.1. The molecule has 0 bridgehead atoms. The average molecular weight is 1420 g/mol. The van der Waals surface area contributed by atoms with Crippen LogP contribution < -0.4 is 0 Å². The minimum Gasteiger partial charge on any atom is -0.462 e. The predicted molar refractivity (Wildman–Crippen MR) is 395 cm³/mol. The van der Waals surface area contributed by atoms with Gasteiger partial charge in [-0.1, -0.05) is 344 Å². The Morgan fingerprint density at radius 2 is 0.495 bits per heavy atom. The standard InChI is InChI=1S/C78H152O17P2/c1-9-70(7)56-48-40-32-24-19-21-27-35-44-52-60-77(82)94-73(64-88-75(80)58-50-42-34-26-18-16-14-12-11-13-15-17-23-30-38-46-54-68(3)4)66-92-96(84,85)90-62-72(79)63-91-97(86,87)93-67-74(65-89-76(81)59-51-43-37-29-31-39-47-55-69(5)6)95-78(83)61-53-45-36-28-22-20-25-33-41-49-57-71(8)10-2/h68-74,79H,9-67H2,1-8H3,(H,84,85)(H,86,87)/t70?,71?,72?,73-,74-/m1/s1. The SMILES string of the molecule is CCC(C)CCCCCCCCCCCCC(=O)O[C@H](COC(=O)CCCCCCCCCCCCCCCCCCC(C)C)COP(=O)(O)OCC(O)COP(=O)(O)OC[C@@H](COC(=O)CCCCCCCCCC(C)C)OC(=O)CCCCCCCCCCCCC(C)CC. The van der Waals surface area contributed by atoms with Crippen LogP contribution in [0.4, 0.5) is 0 Å². The Balaban J connectivity index is 5.24. The van der Waals surface area contributed by atoms with Gasteiger partial charge >= 0.3 is 39.5 Å². The molecule has 0 rings (SSSR count). The van der Waals surface area contributed by atoms with Crippen molar-refractivity contribution in [1.82, 2.24) is 0 Å². The van der Waals surface area contributed by atoms with Crippen LogP contribution >= 0.6 is 15.6 Å².